The first kappa shape index (κ1) is 12.2. The molecule has 17 heavy (non-hydrogen) atoms. The molecule has 0 saturated carbocycles. The van der Waals surface area contributed by atoms with Crippen molar-refractivity contribution in [3.63, 3.8) is 0 Å². The van der Waals surface area contributed by atoms with Crippen LogP contribution >= 0.6 is 22.6 Å². The lowest BCUT2D eigenvalue weighted by molar-refractivity contribution is 0.988. The molecule has 0 heterocycles. The first-order valence-corrected chi connectivity index (χ1v) is 6.57. The van der Waals surface area contributed by atoms with Gasteiger partial charge in [-0.05, 0) is 52.4 Å². The van der Waals surface area contributed by atoms with Gasteiger partial charge < -0.3 is 5.32 Å². The Balaban J connectivity index is 2.16. The maximum Gasteiger partial charge on any atom is 0.0695 e. The lowest BCUT2D eigenvalue weighted by atomic mass is 10.1. The van der Waals surface area contributed by atoms with E-state index in [9.17, 15) is 0 Å². The predicted octanol–water partition coefficient (Wildman–Crippen LogP) is 4.63. The normalized spacial score (nSPS) is 11.8. The Morgan fingerprint density at radius 1 is 1.00 bits per heavy atom. The van der Waals surface area contributed by atoms with Crippen molar-refractivity contribution in [2.24, 2.45) is 0 Å². The van der Waals surface area contributed by atoms with Crippen LogP contribution in [0.15, 0.2) is 67.3 Å². The number of anilines is 1. The van der Waals surface area contributed by atoms with E-state index in [4.69, 9.17) is 0 Å². The second-order valence-corrected chi connectivity index (χ2v) is 5.02. The molecule has 0 bridgehead atoms. The average Bonchev–Trinajstić information content (AvgIpc) is 2.39. The summed E-state index contributed by atoms with van der Waals surface area (Å²) < 4.78 is 1.24. The standard InChI is InChI=1S/C15H14IN/c1-2-15(12-6-4-3-5-7-12)17-14-10-8-13(16)9-11-14/h2-11,15,17H,1H2/t15-/m1/s1. The summed E-state index contributed by atoms with van der Waals surface area (Å²) >= 11 is 2.30. The molecule has 2 heteroatoms. The highest BCUT2D eigenvalue weighted by atomic mass is 127. The van der Waals surface area contributed by atoms with Crippen LogP contribution < -0.4 is 5.32 Å². The van der Waals surface area contributed by atoms with Crippen LogP contribution in [0.1, 0.15) is 11.6 Å². The highest BCUT2D eigenvalue weighted by Crippen LogP contribution is 2.20. The van der Waals surface area contributed by atoms with Crippen LogP contribution in [0.3, 0.4) is 0 Å². The Kier molecular flexibility index (Phi) is 4.20. The van der Waals surface area contributed by atoms with Gasteiger partial charge in [0.2, 0.25) is 0 Å². The van der Waals surface area contributed by atoms with Gasteiger partial charge in [0, 0.05) is 9.26 Å². The molecule has 0 aliphatic carbocycles. The predicted molar refractivity (Wildman–Crippen MR) is 82.2 cm³/mol. The van der Waals surface area contributed by atoms with E-state index in [0.717, 1.165) is 5.69 Å². The number of benzene rings is 2. The summed E-state index contributed by atoms with van der Waals surface area (Å²) in [6, 6.07) is 18.8. The van der Waals surface area contributed by atoms with E-state index in [0.29, 0.717) is 0 Å². The summed E-state index contributed by atoms with van der Waals surface area (Å²) in [6.45, 7) is 3.89. The number of nitrogens with one attached hydrogen (secondary N) is 1. The monoisotopic (exact) mass is 335 g/mol. The van der Waals surface area contributed by atoms with Crippen molar-refractivity contribution >= 4 is 28.3 Å². The molecule has 0 aromatic heterocycles. The van der Waals surface area contributed by atoms with E-state index < -0.39 is 0 Å². The minimum Gasteiger partial charge on any atom is -0.375 e. The van der Waals surface area contributed by atoms with Crippen LogP contribution in [-0.2, 0) is 0 Å². The van der Waals surface area contributed by atoms with Crippen LogP contribution in [0.2, 0.25) is 0 Å². The number of hydrogen-bond acceptors (Lipinski definition) is 1. The Labute approximate surface area is 116 Å². The molecule has 1 nitrogen and oxygen atoms in total. The van der Waals surface area contributed by atoms with Crippen molar-refractivity contribution in [1.29, 1.82) is 0 Å². The first-order chi connectivity index (χ1) is 8.29. The van der Waals surface area contributed by atoms with E-state index in [1.165, 1.54) is 9.13 Å². The van der Waals surface area contributed by atoms with E-state index in [-0.39, 0.29) is 6.04 Å². The molecule has 0 amide bonds. The summed E-state index contributed by atoms with van der Waals surface area (Å²) in [4.78, 5) is 0. The number of halogens is 1. The van der Waals surface area contributed by atoms with Gasteiger partial charge in [-0.1, -0.05) is 36.4 Å². The largest absolute Gasteiger partial charge is 0.375 e. The molecule has 0 radical (unpaired) electrons. The van der Waals surface area contributed by atoms with Crippen LogP contribution in [0, 0.1) is 3.57 Å². The highest BCUT2D eigenvalue weighted by Gasteiger charge is 2.05. The van der Waals surface area contributed by atoms with Gasteiger partial charge in [-0.15, -0.1) is 6.58 Å². The third-order valence-electron chi connectivity index (χ3n) is 2.56. The molecule has 1 N–H and O–H groups in total. The fourth-order valence-corrected chi connectivity index (χ4v) is 2.02. The maximum absolute atomic E-state index is 3.89. The topological polar surface area (TPSA) is 12.0 Å². The van der Waals surface area contributed by atoms with Gasteiger partial charge in [0.25, 0.3) is 0 Å². The fraction of sp³-hybridized carbons (Fsp3) is 0.0667. The van der Waals surface area contributed by atoms with Gasteiger partial charge in [-0.3, -0.25) is 0 Å². The van der Waals surface area contributed by atoms with Crippen LogP contribution in [-0.4, -0.2) is 0 Å². The molecular formula is C15H14IN. The molecule has 0 saturated heterocycles. The minimum absolute atomic E-state index is 0.149. The van der Waals surface area contributed by atoms with Crippen LogP contribution in [0.4, 0.5) is 5.69 Å². The minimum atomic E-state index is 0.149. The zero-order valence-corrected chi connectivity index (χ0v) is 11.6. The van der Waals surface area contributed by atoms with Crippen molar-refractivity contribution in [2.45, 2.75) is 6.04 Å². The van der Waals surface area contributed by atoms with Gasteiger partial charge in [-0.25, -0.2) is 0 Å². The van der Waals surface area contributed by atoms with Crippen molar-refractivity contribution in [1.82, 2.24) is 0 Å². The number of hydrogen-bond donors (Lipinski definition) is 1. The highest BCUT2D eigenvalue weighted by molar-refractivity contribution is 14.1. The van der Waals surface area contributed by atoms with Crippen molar-refractivity contribution in [2.75, 3.05) is 5.32 Å². The molecule has 2 aromatic carbocycles. The van der Waals surface area contributed by atoms with Crippen molar-refractivity contribution in [3.05, 3.63) is 76.4 Å². The molecular weight excluding hydrogens is 321 g/mol. The van der Waals surface area contributed by atoms with E-state index in [2.05, 4.69) is 70.9 Å². The Morgan fingerprint density at radius 3 is 2.24 bits per heavy atom. The van der Waals surface area contributed by atoms with E-state index in [1.807, 2.05) is 24.3 Å². The van der Waals surface area contributed by atoms with Crippen molar-refractivity contribution in [3.8, 4) is 0 Å². The summed E-state index contributed by atoms with van der Waals surface area (Å²) in [5, 5.41) is 3.45. The summed E-state index contributed by atoms with van der Waals surface area (Å²) in [5.41, 5.74) is 2.33. The number of rotatable bonds is 4. The lowest BCUT2D eigenvalue weighted by Gasteiger charge is -2.16. The Bertz CT molecular complexity index is 476. The van der Waals surface area contributed by atoms with Gasteiger partial charge >= 0.3 is 0 Å². The van der Waals surface area contributed by atoms with Gasteiger partial charge in [0.1, 0.15) is 0 Å². The fourth-order valence-electron chi connectivity index (χ4n) is 1.66. The smallest absolute Gasteiger partial charge is 0.0695 e. The zero-order valence-electron chi connectivity index (χ0n) is 9.44. The second-order valence-electron chi connectivity index (χ2n) is 3.78. The van der Waals surface area contributed by atoms with Gasteiger partial charge in [-0.2, -0.15) is 0 Å². The molecule has 0 fully saturated rings. The molecule has 0 spiro atoms. The van der Waals surface area contributed by atoms with Crippen LogP contribution in [0.25, 0.3) is 0 Å². The van der Waals surface area contributed by atoms with E-state index in [1.54, 1.807) is 0 Å². The SMILES string of the molecule is C=C[C@@H](Nc1ccc(I)cc1)c1ccccc1. The molecule has 86 valence electrons. The molecule has 2 rings (SSSR count). The van der Waals surface area contributed by atoms with Crippen LogP contribution in [0.5, 0.6) is 0 Å². The average molecular weight is 335 g/mol. The summed E-state index contributed by atoms with van der Waals surface area (Å²) in [5.74, 6) is 0. The third kappa shape index (κ3) is 3.33. The van der Waals surface area contributed by atoms with Crippen molar-refractivity contribution < 1.29 is 0 Å². The quantitative estimate of drug-likeness (QED) is 0.634. The van der Waals surface area contributed by atoms with Gasteiger partial charge in [0.05, 0.1) is 6.04 Å². The molecule has 2 aromatic rings. The molecule has 0 unspecified atom stereocenters. The third-order valence-corrected chi connectivity index (χ3v) is 3.28. The zero-order chi connectivity index (χ0) is 12.1. The Morgan fingerprint density at radius 2 is 1.65 bits per heavy atom. The molecule has 1 atom stereocenters. The first-order valence-electron chi connectivity index (χ1n) is 5.49. The molecule has 0 aliphatic heterocycles. The van der Waals surface area contributed by atoms with Gasteiger partial charge in [0.15, 0.2) is 0 Å². The Hall–Kier alpha value is -1.29. The second kappa shape index (κ2) is 5.87. The maximum atomic E-state index is 3.89. The summed E-state index contributed by atoms with van der Waals surface area (Å²) in [6.07, 6.45) is 1.92. The lowest BCUT2D eigenvalue weighted by Crippen LogP contribution is -2.07. The summed E-state index contributed by atoms with van der Waals surface area (Å²) in [7, 11) is 0. The van der Waals surface area contributed by atoms with E-state index >= 15 is 0 Å². The molecule has 0 aliphatic rings.